The molecule has 0 saturated carbocycles. The van der Waals surface area contributed by atoms with Crippen LogP contribution in [0.1, 0.15) is 24.1 Å². The molecule has 0 aliphatic rings. The first-order valence-corrected chi connectivity index (χ1v) is 8.13. The van der Waals surface area contributed by atoms with Gasteiger partial charge in [-0.3, -0.25) is 4.79 Å². The van der Waals surface area contributed by atoms with E-state index in [4.69, 9.17) is 16.3 Å². The minimum atomic E-state index is -4.51. The van der Waals surface area contributed by atoms with Crippen molar-refractivity contribution in [1.29, 1.82) is 0 Å². The summed E-state index contributed by atoms with van der Waals surface area (Å²) in [6.07, 6.45) is -4.51. The summed E-state index contributed by atoms with van der Waals surface area (Å²) in [5.74, 6) is 0.168. The fraction of sp³-hybridized carbons (Fsp3) is 0.278. The standard InChI is InChI=1S/C18H18ClF3N2O2/c1-11(13-5-3-4-6-16(13)26-2)23-10-17(25)24-15-9-12(18(20,21)22)7-8-14(15)19/h3-9,11,23H,10H2,1-2H3,(H,24,25)/t11-/m0/s1. The second-order valence-corrected chi connectivity index (χ2v) is 5.99. The van der Waals surface area contributed by atoms with Crippen molar-refractivity contribution >= 4 is 23.2 Å². The average Bonchev–Trinajstić information content (AvgIpc) is 2.60. The van der Waals surface area contributed by atoms with Gasteiger partial charge in [0.1, 0.15) is 5.75 Å². The quantitative estimate of drug-likeness (QED) is 0.759. The second-order valence-electron chi connectivity index (χ2n) is 5.59. The molecule has 0 bridgehead atoms. The predicted molar refractivity (Wildman–Crippen MR) is 94.5 cm³/mol. The first-order chi connectivity index (χ1) is 12.2. The Labute approximate surface area is 154 Å². The van der Waals surface area contributed by atoms with E-state index in [1.165, 1.54) is 0 Å². The number of hydrogen-bond acceptors (Lipinski definition) is 3. The van der Waals surface area contributed by atoms with E-state index in [9.17, 15) is 18.0 Å². The number of methoxy groups -OCH3 is 1. The van der Waals surface area contributed by atoms with Gasteiger partial charge in [0.25, 0.3) is 0 Å². The molecule has 0 aromatic heterocycles. The Morgan fingerprint density at radius 2 is 1.92 bits per heavy atom. The van der Waals surface area contributed by atoms with Gasteiger partial charge in [-0.1, -0.05) is 29.8 Å². The minimum Gasteiger partial charge on any atom is -0.496 e. The van der Waals surface area contributed by atoms with Gasteiger partial charge in [-0.2, -0.15) is 13.2 Å². The Hall–Kier alpha value is -2.25. The second kappa shape index (κ2) is 8.42. The van der Waals surface area contributed by atoms with Gasteiger partial charge >= 0.3 is 6.18 Å². The van der Waals surface area contributed by atoms with E-state index < -0.39 is 17.6 Å². The predicted octanol–water partition coefficient (Wildman–Crippen LogP) is 4.66. The maximum atomic E-state index is 12.8. The van der Waals surface area contributed by atoms with E-state index in [0.717, 1.165) is 23.8 Å². The van der Waals surface area contributed by atoms with Crippen LogP contribution >= 0.6 is 11.6 Å². The Morgan fingerprint density at radius 3 is 2.58 bits per heavy atom. The van der Waals surface area contributed by atoms with Crippen LogP contribution in [0.25, 0.3) is 0 Å². The van der Waals surface area contributed by atoms with Gasteiger partial charge in [0.2, 0.25) is 5.91 Å². The molecule has 0 aliphatic heterocycles. The molecule has 0 saturated heterocycles. The van der Waals surface area contributed by atoms with Crippen molar-refractivity contribution in [2.45, 2.75) is 19.1 Å². The fourth-order valence-electron chi connectivity index (χ4n) is 2.37. The zero-order valence-electron chi connectivity index (χ0n) is 14.2. The van der Waals surface area contributed by atoms with Crippen LogP contribution < -0.4 is 15.4 Å². The monoisotopic (exact) mass is 386 g/mol. The maximum absolute atomic E-state index is 12.8. The summed E-state index contributed by atoms with van der Waals surface area (Å²) >= 11 is 5.87. The van der Waals surface area contributed by atoms with Gasteiger partial charge in [0.15, 0.2) is 0 Å². The molecule has 2 aromatic rings. The van der Waals surface area contributed by atoms with Crippen molar-refractivity contribution in [2.24, 2.45) is 0 Å². The van der Waals surface area contributed by atoms with Crippen LogP contribution in [0.15, 0.2) is 42.5 Å². The Balaban J connectivity index is 2.01. The lowest BCUT2D eigenvalue weighted by molar-refractivity contribution is -0.137. The van der Waals surface area contributed by atoms with Crippen LogP contribution in [-0.4, -0.2) is 19.6 Å². The molecule has 0 spiro atoms. The molecular weight excluding hydrogens is 369 g/mol. The number of nitrogens with one attached hydrogen (secondary N) is 2. The lowest BCUT2D eigenvalue weighted by Crippen LogP contribution is -2.30. The smallest absolute Gasteiger partial charge is 0.416 e. The fourth-order valence-corrected chi connectivity index (χ4v) is 2.54. The Kier molecular flexibility index (Phi) is 6.50. The lowest BCUT2D eigenvalue weighted by atomic mass is 10.1. The molecule has 0 radical (unpaired) electrons. The molecule has 8 heteroatoms. The van der Waals surface area contributed by atoms with Gasteiger partial charge in [-0.15, -0.1) is 0 Å². The summed E-state index contributed by atoms with van der Waals surface area (Å²) in [6.45, 7) is 1.74. The number of carbonyl (C=O) groups excluding carboxylic acids is 1. The normalized spacial score (nSPS) is 12.5. The van der Waals surface area contributed by atoms with Gasteiger partial charge in [0.05, 0.1) is 29.9 Å². The number of alkyl halides is 3. The van der Waals surface area contributed by atoms with Crippen LogP contribution in [0, 0.1) is 0 Å². The molecule has 2 rings (SSSR count). The number of ether oxygens (including phenoxy) is 1. The summed E-state index contributed by atoms with van der Waals surface area (Å²) in [7, 11) is 1.55. The van der Waals surface area contributed by atoms with Crippen LogP contribution in [-0.2, 0) is 11.0 Å². The zero-order chi connectivity index (χ0) is 19.3. The topological polar surface area (TPSA) is 50.4 Å². The molecule has 4 nitrogen and oxygen atoms in total. The number of halogens is 4. The van der Waals surface area contributed by atoms with Gasteiger partial charge in [-0.25, -0.2) is 0 Å². The molecule has 0 unspecified atom stereocenters. The van der Waals surface area contributed by atoms with E-state index in [-0.39, 0.29) is 23.3 Å². The molecular formula is C18H18ClF3N2O2. The van der Waals surface area contributed by atoms with Crippen LogP contribution in [0.4, 0.5) is 18.9 Å². The molecule has 1 amide bonds. The Bertz CT molecular complexity index is 781. The number of amides is 1. The highest BCUT2D eigenvalue weighted by atomic mass is 35.5. The maximum Gasteiger partial charge on any atom is 0.416 e. The van der Waals surface area contributed by atoms with E-state index in [1.807, 2.05) is 25.1 Å². The van der Waals surface area contributed by atoms with Crippen molar-refractivity contribution < 1.29 is 22.7 Å². The van der Waals surface area contributed by atoms with Crippen LogP contribution in [0.2, 0.25) is 5.02 Å². The van der Waals surface area contributed by atoms with Crippen molar-refractivity contribution in [2.75, 3.05) is 19.0 Å². The van der Waals surface area contributed by atoms with Gasteiger partial charge in [-0.05, 0) is 31.2 Å². The number of benzene rings is 2. The summed E-state index contributed by atoms with van der Waals surface area (Å²) in [6, 6.07) is 9.91. The highest BCUT2D eigenvalue weighted by molar-refractivity contribution is 6.33. The van der Waals surface area contributed by atoms with Crippen molar-refractivity contribution in [3.05, 3.63) is 58.6 Å². The van der Waals surface area contributed by atoms with E-state index in [0.29, 0.717) is 5.75 Å². The number of hydrogen-bond donors (Lipinski definition) is 2. The van der Waals surface area contributed by atoms with Crippen LogP contribution in [0.3, 0.4) is 0 Å². The van der Waals surface area contributed by atoms with E-state index in [1.54, 1.807) is 13.2 Å². The lowest BCUT2D eigenvalue weighted by Gasteiger charge is -2.17. The first-order valence-electron chi connectivity index (χ1n) is 7.75. The molecule has 140 valence electrons. The average molecular weight is 387 g/mol. The van der Waals surface area contributed by atoms with Gasteiger partial charge < -0.3 is 15.4 Å². The summed E-state index contributed by atoms with van der Waals surface area (Å²) < 4.78 is 43.6. The number of para-hydroxylation sites is 1. The van der Waals surface area contributed by atoms with Crippen molar-refractivity contribution in [3.63, 3.8) is 0 Å². The third-order valence-electron chi connectivity index (χ3n) is 3.74. The summed E-state index contributed by atoms with van der Waals surface area (Å²) in [4.78, 5) is 12.1. The first kappa shape index (κ1) is 20.1. The summed E-state index contributed by atoms with van der Waals surface area (Å²) in [5.41, 5.74) is -0.106. The number of rotatable bonds is 6. The molecule has 26 heavy (non-hydrogen) atoms. The van der Waals surface area contributed by atoms with Gasteiger partial charge in [0, 0.05) is 11.6 Å². The SMILES string of the molecule is COc1ccccc1[C@H](C)NCC(=O)Nc1cc(C(F)(F)F)ccc1Cl. The molecule has 0 fully saturated rings. The van der Waals surface area contributed by atoms with E-state index in [2.05, 4.69) is 10.6 Å². The third kappa shape index (κ3) is 5.12. The molecule has 2 aromatic carbocycles. The third-order valence-corrected chi connectivity index (χ3v) is 4.07. The molecule has 0 aliphatic carbocycles. The molecule has 0 heterocycles. The highest BCUT2D eigenvalue weighted by Gasteiger charge is 2.31. The number of carbonyl (C=O) groups is 1. The molecule has 2 N–H and O–H groups in total. The Morgan fingerprint density at radius 1 is 1.23 bits per heavy atom. The largest absolute Gasteiger partial charge is 0.496 e. The van der Waals surface area contributed by atoms with E-state index >= 15 is 0 Å². The van der Waals surface area contributed by atoms with Crippen molar-refractivity contribution in [1.82, 2.24) is 5.32 Å². The van der Waals surface area contributed by atoms with Crippen molar-refractivity contribution in [3.8, 4) is 5.75 Å². The zero-order valence-corrected chi connectivity index (χ0v) is 14.9. The molecule has 1 atom stereocenters. The number of anilines is 1. The summed E-state index contributed by atoms with van der Waals surface area (Å²) in [5, 5.41) is 5.43. The minimum absolute atomic E-state index is 0.0316. The highest BCUT2D eigenvalue weighted by Crippen LogP contribution is 2.33. The van der Waals surface area contributed by atoms with Crippen LogP contribution in [0.5, 0.6) is 5.75 Å².